The van der Waals surface area contributed by atoms with Crippen LogP contribution in [0.4, 0.5) is 9.93 Å². The summed E-state index contributed by atoms with van der Waals surface area (Å²) in [6.07, 6.45) is -0.759. The normalized spacial score (nSPS) is 17.9. The molecule has 1 saturated heterocycles. The third-order valence-corrected chi connectivity index (χ3v) is 5.42. The molecule has 0 aromatic carbocycles. The molecule has 3 amide bonds. The number of nitrogens with one attached hydrogen (secondary N) is 3. The molecule has 3 rings (SSSR count). The molecule has 3 heterocycles. The maximum absolute atomic E-state index is 13.2. The van der Waals surface area contributed by atoms with Gasteiger partial charge in [-0.25, -0.2) is 14.6 Å². The van der Waals surface area contributed by atoms with Crippen molar-refractivity contribution in [2.75, 3.05) is 5.32 Å². The van der Waals surface area contributed by atoms with E-state index in [9.17, 15) is 24.3 Å². The lowest BCUT2D eigenvalue weighted by Gasteiger charge is -2.36. The lowest BCUT2D eigenvalue weighted by Crippen LogP contribution is -2.70. The molecule has 1 aliphatic rings. The van der Waals surface area contributed by atoms with Crippen molar-refractivity contribution in [2.24, 2.45) is 5.16 Å². The number of thiazole rings is 1. The minimum Gasteiger partial charge on any atom is -0.478 e. The maximum atomic E-state index is 13.2. The number of aromatic nitrogens is 5. The van der Waals surface area contributed by atoms with Crippen LogP contribution in [0.1, 0.15) is 46.1 Å². The fourth-order valence-electron chi connectivity index (χ4n) is 2.78. The number of ether oxygens (including phenoxy) is 1. The Morgan fingerprint density at radius 2 is 1.97 bits per heavy atom. The van der Waals surface area contributed by atoms with E-state index in [4.69, 9.17) is 9.57 Å². The van der Waals surface area contributed by atoms with Crippen molar-refractivity contribution in [2.45, 2.75) is 71.4 Å². The molecule has 16 nitrogen and oxygen atoms in total. The second-order valence-corrected chi connectivity index (χ2v) is 10.3. The lowest BCUT2D eigenvalue weighted by molar-refractivity contribution is -0.161. The van der Waals surface area contributed by atoms with Crippen LogP contribution in [0.5, 0.6) is 0 Å². The number of hydrogen-bond donors (Lipinski definition) is 4. The predicted molar refractivity (Wildman–Crippen MR) is 128 cm³/mol. The molecule has 1 aliphatic heterocycles. The molecule has 37 heavy (non-hydrogen) atoms. The summed E-state index contributed by atoms with van der Waals surface area (Å²) in [5, 5.41) is 33.8. The SMILES string of the molecule is Cc1nnn(C[C@H]2NC(=O)[C@H]2NC(=O)/C(=N\OC(C)(C)C(=O)O)c2csc(NC(=O)OC(C)(C)C)n2)n1. The fourth-order valence-corrected chi connectivity index (χ4v) is 3.46. The van der Waals surface area contributed by atoms with Gasteiger partial charge in [0.25, 0.3) is 5.91 Å². The third-order valence-electron chi connectivity index (χ3n) is 4.66. The van der Waals surface area contributed by atoms with Crippen LogP contribution < -0.4 is 16.0 Å². The molecule has 0 spiro atoms. The largest absolute Gasteiger partial charge is 0.478 e. The van der Waals surface area contributed by atoms with Crippen LogP contribution >= 0.6 is 11.3 Å². The highest BCUT2D eigenvalue weighted by molar-refractivity contribution is 7.14. The van der Waals surface area contributed by atoms with Crippen molar-refractivity contribution < 1.29 is 33.9 Å². The highest BCUT2D eigenvalue weighted by Gasteiger charge is 2.42. The number of carboxylic acids is 1. The first-order valence-corrected chi connectivity index (χ1v) is 11.8. The van der Waals surface area contributed by atoms with E-state index in [1.807, 2.05) is 0 Å². The Balaban J connectivity index is 1.79. The van der Waals surface area contributed by atoms with Crippen LogP contribution in [0.3, 0.4) is 0 Å². The number of hydrogen-bond acceptors (Lipinski definition) is 12. The van der Waals surface area contributed by atoms with Gasteiger partial charge in [-0.2, -0.15) is 4.80 Å². The van der Waals surface area contributed by atoms with Crippen LogP contribution in [0.25, 0.3) is 0 Å². The average molecular weight is 538 g/mol. The first-order chi connectivity index (χ1) is 17.1. The molecule has 2 atom stereocenters. The Hall–Kier alpha value is -4.15. The van der Waals surface area contributed by atoms with Crippen molar-refractivity contribution in [3.8, 4) is 0 Å². The van der Waals surface area contributed by atoms with Crippen LogP contribution in [0, 0.1) is 6.92 Å². The minimum absolute atomic E-state index is 0.0282. The number of carbonyl (C=O) groups excluding carboxylic acids is 3. The molecule has 17 heteroatoms. The number of aliphatic carboxylic acids is 1. The fraction of sp³-hybridized carbons (Fsp3) is 0.550. The summed E-state index contributed by atoms with van der Waals surface area (Å²) in [7, 11) is 0. The topological polar surface area (TPSA) is 212 Å². The average Bonchev–Trinajstić information content (AvgIpc) is 3.39. The molecule has 200 valence electrons. The molecule has 0 bridgehead atoms. The van der Waals surface area contributed by atoms with Crippen LogP contribution in [-0.2, 0) is 30.5 Å². The van der Waals surface area contributed by atoms with Gasteiger partial charge in [-0.05, 0) is 46.8 Å². The number of tetrazole rings is 1. The Labute approximate surface area is 214 Å². The number of amides is 3. The molecule has 0 saturated carbocycles. The van der Waals surface area contributed by atoms with E-state index in [2.05, 4.69) is 41.5 Å². The minimum atomic E-state index is -1.77. The molecular weight excluding hydrogens is 510 g/mol. The van der Waals surface area contributed by atoms with Crippen LogP contribution in [0.15, 0.2) is 10.5 Å². The van der Waals surface area contributed by atoms with Crippen LogP contribution in [0.2, 0.25) is 0 Å². The van der Waals surface area contributed by atoms with Gasteiger partial charge in [-0.3, -0.25) is 14.9 Å². The van der Waals surface area contributed by atoms with Crippen molar-refractivity contribution in [3.05, 3.63) is 16.9 Å². The van der Waals surface area contributed by atoms with E-state index in [0.29, 0.717) is 5.82 Å². The summed E-state index contributed by atoms with van der Waals surface area (Å²) in [6, 6.07) is -1.50. The number of oxime groups is 1. The van der Waals surface area contributed by atoms with Crippen molar-refractivity contribution in [1.29, 1.82) is 0 Å². The standard InChI is InChI=1S/C20H27N9O7S/c1-9-25-28-29(26-9)7-10-12(14(30)21-10)23-15(31)13(27-36-20(5,6)16(32)33)11-8-37-17(22-11)24-18(34)35-19(2,3)4/h8,10,12H,7H2,1-6H3,(H,21,30)(H,23,31)(H,32,33)(H,22,24,34)/b27-13-/t10-,12+/m1/s1. The molecule has 1 fully saturated rings. The van der Waals surface area contributed by atoms with Gasteiger partial charge in [0.05, 0.1) is 12.6 Å². The van der Waals surface area contributed by atoms with E-state index >= 15 is 0 Å². The smallest absolute Gasteiger partial charge is 0.413 e. The summed E-state index contributed by atoms with van der Waals surface area (Å²) < 4.78 is 5.18. The molecule has 0 radical (unpaired) electrons. The zero-order chi connectivity index (χ0) is 27.5. The number of nitrogens with zero attached hydrogens (tertiary/aromatic N) is 6. The Morgan fingerprint density at radius 1 is 1.27 bits per heavy atom. The molecule has 0 unspecified atom stereocenters. The van der Waals surface area contributed by atoms with Gasteiger partial charge in [-0.1, -0.05) is 5.16 Å². The first-order valence-electron chi connectivity index (χ1n) is 11.0. The van der Waals surface area contributed by atoms with Gasteiger partial charge in [-0.15, -0.1) is 21.5 Å². The number of anilines is 1. The van der Waals surface area contributed by atoms with E-state index < -0.39 is 52.9 Å². The van der Waals surface area contributed by atoms with Gasteiger partial charge in [0.1, 0.15) is 17.3 Å². The maximum Gasteiger partial charge on any atom is 0.413 e. The Kier molecular flexibility index (Phi) is 7.75. The summed E-state index contributed by atoms with van der Waals surface area (Å²) in [5.41, 5.74) is -2.95. The Bertz CT molecular complexity index is 1230. The molecule has 0 aliphatic carbocycles. The number of carboxylic acid groups (broad SMARTS) is 1. The van der Waals surface area contributed by atoms with Gasteiger partial charge >= 0.3 is 12.1 Å². The second kappa shape index (κ2) is 10.5. The summed E-state index contributed by atoms with van der Waals surface area (Å²) in [6.45, 7) is 9.37. The van der Waals surface area contributed by atoms with Crippen molar-refractivity contribution in [3.63, 3.8) is 0 Å². The van der Waals surface area contributed by atoms with E-state index in [0.717, 1.165) is 11.3 Å². The third kappa shape index (κ3) is 7.18. The zero-order valence-corrected chi connectivity index (χ0v) is 21.7. The monoisotopic (exact) mass is 537 g/mol. The van der Waals surface area contributed by atoms with E-state index in [-0.39, 0.29) is 17.4 Å². The first kappa shape index (κ1) is 27.4. The predicted octanol–water partition coefficient (Wildman–Crippen LogP) is 0.0523. The van der Waals surface area contributed by atoms with Gasteiger partial charge < -0.3 is 25.3 Å². The summed E-state index contributed by atoms with van der Waals surface area (Å²) in [5.74, 6) is -2.19. The molecule has 2 aromatic rings. The molecule has 4 N–H and O–H groups in total. The number of aryl methyl sites for hydroxylation is 1. The lowest BCUT2D eigenvalue weighted by atomic mass is 9.98. The molecule has 2 aromatic heterocycles. The zero-order valence-electron chi connectivity index (χ0n) is 20.9. The summed E-state index contributed by atoms with van der Waals surface area (Å²) in [4.78, 5) is 59.4. The quantitative estimate of drug-likeness (QED) is 0.191. The number of β-lactam (4-membered cyclic amide) rings is 1. The van der Waals surface area contributed by atoms with Crippen molar-refractivity contribution >= 4 is 46.1 Å². The molecular formula is C20H27N9O7S. The Morgan fingerprint density at radius 3 is 2.54 bits per heavy atom. The van der Waals surface area contributed by atoms with Gasteiger partial charge in [0, 0.05) is 5.38 Å². The number of rotatable bonds is 9. The summed E-state index contributed by atoms with van der Waals surface area (Å²) >= 11 is 0.971. The van der Waals surface area contributed by atoms with Gasteiger partial charge in [0.2, 0.25) is 11.5 Å². The van der Waals surface area contributed by atoms with E-state index in [1.165, 1.54) is 24.0 Å². The van der Waals surface area contributed by atoms with Gasteiger partial charge in [0.15, 0.2) is 16.7 Å². The highest BCUT2D eigenvalue weighted by atomic mass is 32.1. The highest BCUT2D eigenvalue weighted by Crippen LogP contribution is 2.20. The van der Waals surface area contributed by atoms with Crippen molar-refractivity contribution in [1.82, 2.24) is 35.8 Å². The second-order valence-electron chi connectivity index (χ2n) is 9.47. The van der Waals surface area contributed by atoms with Crippen LogP contribution in [-0.4, -0.2) is 83.2 Å². The van der Waals surface area contributed by atoms with E-state index in [1.54, 1.807) is 27.7 Å². The number of carbonyl (C=O) groups is 4.